The summed E-state index contributed by atoms with van der Waals surface area (Å²) in [5.74, 6) is 0.696. The standard InChI is InChI=1S/C22H15N5O.C11H18N4/c28-21(27-22-25-12-13-26-22)18-9-8-17(19-20(18)24-11-10-23-19)16-7-3-5-14-4-1-2-6-15(14)16;1-14-4-6-15(7-5-14)9-10-2-3-11(12)13-8-10/h1-13H,(H2,25,26,27,28);2-3,8H,4-7,9H2,1H3,(H2,12,13). The molecule has 216 valence electrons. The van der Waals surface area contributed by atoms with Gasteiger partial charge < -0.3 is 15.6 Å². The molecule has 0 bridgehead atoms. The van der Waals surface area contributed by atoms with E-state index in [1.807, 2.05) is 36.5 Å². The number of aromatic nitrogens is 5. The number of H-pyrrole nitrogens is 1. The lowest BCUT2D eigenvalue weighted by Crippen LogP contribution is -2.43. The molecule has 0 atom stereocenters. The molecule has 1 saturated heterocycles. The summed E-state index contributed by atoms with van der Waals surface area (Å²) in [4.78, 5) is 37.5. The molecular weight excluding hydrogens is 538 g/mol. The van der Waals surface area contributed by atoms with E-state index in [2.05, 4.69) is 77.4 Å². The number of nitrogens with one attached hydrogen (secondary N) is 2. The highest BCUT2D eigenvalue weighted by Gasteiger charge is 2.17. The van der Waals surface area contributed by atoms with Gasteiger partial charge in [-0.15, -0.1) is 0 Å². The number of piperazine rings is 1. The molecule has 1 aliphatic rings. The fraction of sp³-hybridized carbons (Fsp3) is 0.182. The van der Waals surface area contributed by atoms with Crippen molar-refractivity contribution < 1.29 is 4.79 Å². The van der Waals surface area contributed by atoms with Gasteiger partial charge in [-0.1, -0.05) is 54.6 Å². The van der Waals surface area contributed by atoms with Gasteiger partial charge in [-0.05, 0) is 41.1 Å². The van der Waals surface area contributed by atoms with Crippen LogP contribution in [0.25, 0.3) is 32.9 Å². The summed E-state index contributed by atoms with van der Waals surface area (Å²) in [5.41, 5.74) is 10.5. The highest BCUT2D eigenvalue weighted by atomic mass is 16.1. The number of benzene rings is 3. The molecule has 0 saturated carbocycles. The molecule has 1 fully saturated rings. The van der Waals surface area contributed by atoms with E-state index < -0.39 is 0 Å². The van der Waals surface area contributed by atoms with Gasteiger partial charge in [0.25, 0.3) is 5.91 Å². The van der Waals surface area contributed by atoms with Crippen LogP contribution in [0.3, 0.4) is 0 Å². The summed E-state index contributed by atoms with van der Waals surface area (Å²) in [6, 6.07) is 22.0. The molecule has 4 N–H and O–H groups in total. The molecule has 6 aromatic rings. The lowest BCUT2D eigenvalue weighted by Gasteiger charge is -2.32. The Kier molecular flexibility index (Phi) is 8.30. The third kappa shape index (κ3) is 6.50. The number of rotatable bonds is 5. The molecule has 7 rings (SSSR count). The van der Waals surface area contributed by atoms with E-state index in [0.717, 1.165) is 54.6 Å². The number of hydrogen-bond acceptors (Lipinski definition) is 8. The Balaban J connectivity index is 0.000000185. The van der Waals surface area contributed by atoms with Gasteiger partial charge in [0.1, 0.15) is 11.3 Å². The molecule has 1 amide bonds. The van der Waals surface area contributed by atoms with Crippen LogP contribution in [-0.4, -0.2) is 73.9 Å². The van der Waals surface area contributed by atoms with E-state index in [4.69, 9.17) is 5.73 Å². The van der Waals surface area contributed by atoms with Crippen molar-refractivity contribution in [3.8, 4) is 11.1 Å². The summed E-state index contributed by atoms with van der Waals surface area (Å²) in [7, 11) is 2.17. The fourth-order valence-electron chi connectivity index (χ4n) is 5.22. The topological polar surface area (TPSA) is 129 Å². The number of likely N-dealkylation sites (N-methyl/N-ethyl adjacent to an activating group) is 1. The van der Waals surface area contributed by atoms with Crippen LogP contribution in [0.5, 0.6) is 0 Å². The van der Waals surface area contributed by atoms with Crippen molar-refractivity contribution in [3.05, 3.63) is 109 Å². The Morgan fingerprint density at radius 1 is 0.837 bits per heavy atom. The summed E-state index contributed by atoms with van der Waals surface area (Å²) < 4.78 is 0. The lowest BCUT2D eigenvalue weighted by molar-refractivity contribution is 0.102. The van der Waals surface area contributed by atoms with Crippen LogP contribution in [0.4, 0.5) is 11.8 Å². The highest BCUT2D eigenvalue weighted by molar-refractivity contribution is 6.14. The van der Waals surface area contributed by atoms with E-state index in [0.29, 0.717) is 28.4 Å². The number of nitrogen functional groups attached to an aromatic ring is 1. The SMILES string of the molecule is CN1CCN(Cc2ccc(N)nc2)CC1.O=C(Nc1ncc[nH]1)c1ccc(-c2cccc3ccccc23)c2nccnc12. The zero-order valence-electron chi connectivity index (χ0n) is 23.9. The van der Waals surface area contributed by atoms with E-state index in [-0.39, 0.29) is 5.91 Å². The number of nitrogens with two attached hydrogens (primary N) is 1. The van der Waals surface area contributed by atoms with Gasteiger partial charge in [-0.25, -0.2) is 9.97 Å². The molecule has 0 radical (unpaired) electrons. The molecule has 3 aromatic heterocycles. The van der Waals surface area contributed by atoms with Crippen molar-refractivity contribution in [1.82, 2.24) is 34.7 Å². The van der Waals surface area contributed by atoms with E-state index in [1.165, 1.54) is 5.56 Å². The number of anilines is 2. The molecule has 0 unspecified atom stereocenters. The molecular formula is C33H33N9O. The Bertz CT molecular complexity index is 1820. The molecule has 4 heterocycles. The van der Waals surface area contributed by atoms with Gasteiger partial charge in [-0.3, -0.25) is 25.0 Å². The van der Waals surface area contributed by atoms with Crippen LogP contribution in [0, 0.1) is 0 Å². The Morgan fingerprint density at radius 3 is 2.40 bits per heavy atom. The number of pyridine rings is 1. The van der Waals surface area contributed by atoms with Crippen molar-refractivity contribution in [2.75, 3.05) is 44.3 Å². The number of aromatic amines is 1. The Labute approximate surface area is 249 Å². The number of amides is 1. The Morgan fingerprint density at radius 2 is 1.63 bits per heavy atom. The van der Waals surface area contributed by atoms with Gasteiger partial charge >= 0.3 is 0 Å². The lowest BCUT2D eigenvalue weighted by atomic mass is 9.95. The van der Waals surface area contributed by atoms with Crippen LogP contribution in [0.1, 0.15) is 15.9 Å². The van der Waals surface area contributed by atoms with Crippen molar-refractivity contribution >= 4 is 39.5 Å². The van der Waals surface area contributed by atoms with Crippen LogP contribution in [-0.2, 0) is 6.54 Å². The Hall–Kier alpha value is -5.19. The van der Waals surface area contributed by atoms with Crippen LogP contribution in [0.2, 0.25) is 0 Å². The minimum Gasteiger partial charge on any atom is -0.384 e. The van der Waals surface area contributed by atoms with Gasteiger partial charge in [-0.2, -0.15) is 0 Å². The maximum atomic E-state index is 12.7. The average Bonchev–Trinajstić information content (AvgIpc) is 3.56. The quantitative estimate of drug-likeness (QED) is 0.268. The summed E-state index contributed by atoms with van der Waals surface area (Å²) in [6.45, 7) is 5.58. The fourth-order valence-corrected chi connectivity index (χ4v) is 5.22. The van der Waals surface area contributed by atoms with Gasteiger partial charge in [0, 0.05) is 69.3 Å². The van der Waals surface area contributed by atoms with Crippen molar-refractivity contribution in [2.24, 2.45) is 0 Å². The zero-order valence-corrected chi connectivity index (χ0v) is 23.9. The van der Waals surface area contributed by atoms with Crippen LogP contribution in [0.15, 0.2) is 97.7 Å². The van der Waals surface area contributed by atoms with E-state index >= 15 is 0 Å². The smallest absolute Gasteiger partial charge is 0.260 e. The number of imidazole rings is 1. The number of fused-ring (bicyclic) bond motifs is 2. The molecule has 10 heteroatoms. The van der Waals surface area contributed by atoms with Crippen molar-refractivity contribution in [1.29, 1.82) is 0 Å². The van der Waals surface area contributed by atoms with Crippen molar-refractivity contribution in [3.63, 3.8) is 0 Å². The minimum absolute atomic E-state index is 0.287. The first-order chi connectivity index (χ1) is 21.0. The molecule has 3 aromatic carbocycles. The predicted octanol–water partition coefficient (Wildman–Crippen LogP) is 4.84. The number of hydrogen-bond donors (Lipinski definition) is 3. The van der Waals surface area contributed by atoms with E-state index in [1.54, 1.807) is 30.9 Å². The molecule has 1 aliphatic heterocycles. The van der Waals surface area contributed by atoms with Crippen LogP contribution >= 0.6 is 0 Å². The normalized spacial score (nSPS) is 13.9. The first kappa shape index (κ1) is 28.0. The van der Waals surface area contributed by atoms with E-state index in [9.17, 15) is 4.79 Å². The predicted molar refractivity (Wildman–Crippen MR) is 170 cm³/mol. The molecule has 0 aliphatic carbocycles. The average molecular weight is 572 g/mol. The number of carbonyl (C=O) groups excluding carboxylic acids is 1. The van der Waals surface area contributed by atoms with Crippen molar-refractivity contribution in [2.45, 2.75) is 6.54 Å². The number of carbonyl (C=O) groups is 1. The van der Waals surface area contributed by atoms with Gasteiger partial charge in [0.2, 0.25) is 5.95 Å². The van der Waals surface area contributed by atoms with Gasteiger partial charge in [0.05, 0.1) is 11.1 Å². The van der Waals surface area contributed by atoms with Gasteiger partial charge in [0.15, 0.2) is 0 Å². The zero-order chi connectivity index (χ0) is 29.6. The largest absolute Gasteiger partial charge is 0.384 e. The first-order valence-electron chi connectivity index (χ1n) is 14.2. The summed E-state index contributed by atoms with van der Waals surface area (Å²) in [6.07, 6.45) is 8.34. The maximum absolute atomic E-state index is 12.7. The minimum atomic E-state index is -0.287. The highest BCUT2D eigenvalue weighted by Crippen LogP contribution is 2.33. The maximum Gasteiger partial charge on any atom is 0.260 e. The second-order valence-corrected chi connectivity index (χ2v) is 10.5. The second kappa shape index (κ2) is 12.8. The first-order valence-corrected chi connectivity index (χ1v) is 14.2. The van der Waals surface area contributed by atoms with Crippen LogP contribution < -0.4 is 11.1 Å². The molecule has 0 spiro atoms. The third-order valence-electron chi connectivity index (χ3n) is 7.53. The third-order valence-corrected chi connectivity index (χ3v) is 7.53. The monoisotopic (exact) mass is 571 g/mol. The number of nitrogens with zero attached hydrogens (tertiary/aromatic N) is 6. The molecule has 10 nitrogen and oxygen atoms in total. The second-order valence-electron chi connectivity index (χ2n) is 10.5. The molecule has 43 heavy (non-hydrogen) atoms. The summed E-state index contributed by atoms with van der Waals surface area (Å²) >= 11 is 0. The summed E-state index contributed by atoms with van der Waals surface area (Å²) in [5, 5.41) is 5.02.